The molecule has 0 spiro atoms. The highest BCUT2D eigenvalue weighted by Gasteiger charge is 2.29. The van der Waals surface area contributed by atoms with Gasteiger partial charge in [0.1, 0.15) is 0 Å². The number of rotatable bonds is 6. The molecule has 1 fully saturated rings. The third-order valence-corrected chi connectivity index (χ3v) is 5.18. The molecule has 0 bridgehead atoms. The molecule has 1 aliphatic carbocycles. The minimum atomic E-state index is 0.0139. The molecular formula is C16H29ClN4. The number of halogens is 1. The van der Waals surface area contributed by atoms with E-state index in [-0.39, 0.29) is 6.04 Å². The molecule has 120 valence electrons. The van der Waals surface area contributed by atoms with Gasteiger partial charge in [-0.1, -0.05) is 37.8 Å². The number of hydrogen-bond donors (Lipinski definition) is 1. The quantitative estimate of drug-likeness (QED) is 0.876. The zero-order valence-corrected chi connectivity index (χ0v) is 14.3. The average molecular weight is 313 g/mol. The fourth-order valence-corrected chi connectivity index (χ4v) is 3.62. The Balaban J connectivity index is 2.04. The predicted molar refractivity (Wildman–Crippen MR) is 88.5 cm³/mol. The van der Waals surface area contributed by atoms with Crippen molar-refractivity contribution < 1.29 is 0 Å². The van der Waals surface area contributed by atoms with Crippen molar-refractivity contribution in [2.45, 2.75) is 51.6 Å². The van der Waals surface area contributed by atoms with Gasteiger partial charge < -0.3 is 10.6 Å². The van der Waals surface area contributed by atoms with Crippen LogP contribution in [0.25, 0.3) is 0 Å². The third kappa shape index (κ3) is 4.21. The molecule has 1 aliphatic rings. The highest BCUT2D eigenvalue weighted by atomic mass is 35.5. The summed E-state index contributed by atoms with van der Waals surface area (Å²) in [5.74, 6) is 1.43. The fraction of sp³-hybridized carbons (Fsp3) is 0.812. The van der Waals surface area contributed by atoms with E-state index in [4.69, 9.17) is 17.3 Å². The van der Waals surface area contributed by atoms with Gasteiger partial charge in [-0.2, -0.15) is 5.10 Å². The monoisotopic (exact) mass is 312 g/mol. The molecule has 2 rings (SSSR count). The van der Waals surface area contributed by atoms with Crippen LogP contribution in [0.3, 0.4) is 0 Å². The Morgan fingerprint density at radius 3 is 2.62 bits per heavy atom. The largest absolute Gasteiger partial charge is 0.322 e. The van der Waals surface area contributed by atoms with Crippen LogP contribution in [0.1, 0.15) is 50.8 Å². The van der Waals surface area contributed by atoms with Crippen molar-refractivity contribution in [3.63, 3.8) is 0 Å². The Kier molecular flexibility index (Phi) is 6.08. The molecule has 0 aliphatic heterocycles. The van der Waals surface area contributed by atoms with Crippen molar-refractivity contribution in [3.05, 3.63) is 16.9 Å². The van der Waals surface area contributed by atoms with Crippen LogP contribution in [0.2, 0.25) is 5.02 Å². The van der Waals surface area contributed by atoms with Crippen LogP contribution < -0.4 is 5.73 Å². The van der Waals surface area contributed by atoms with Crippen molar-refractivity contribution in [1.82, 2.24) is 14.7 Å². The normalized spacial score (nSPS) is 24.5. The summed E-state index contributed by atoms with van der Waals surface area (Å²) in [4.78, 5) is 2.15. The maximum Gasteiger partial charge on any atom is 0.0834 e. The number of likely N-dealkylation sites (N-methyl/N-ethyl adjacent to an activating group) is 1. The summed E-state index contributed by atoms with van der Waals surface area (Å²) in [6.45, 7) is 4.07. The van der Waals surface area contributed by atoms with E-state index < -0.39 is 0 Å². The molecule has 4 nitrogen and oxygen atoms in total. The number of aromatic nitrogens is 2. The van der Waals surface area contributed by atoms with Gasteiger partial charge in [0.15, 0.2) is 0 Å². The predicted octanol–water partition coefficient (Wildman–Crippen LogP) is 3.31. The van der Waals surface area contributed by atoms with Crippen LogP contribution in [0, 0.1) is 11.8 Å². The minimum Gasteiger partial charge on any atom is -0.322 e. The van der Waals surface area contributed by atoms with Crippen LogP contribution in [0.4, 0.5) is 0 Å². The molecule has 1 saturated carbocycles. The van der Waals surface area contributed by atoms with Crippen LogP contribution in [0.5, 0.6) is 0 Å². The fourth-order valence-electron chi connectivity index (χ4n) is 3.36. The Morgan fingerprint density at radius 2 is 2.05 bits per heavy atom. The highest BCUT2D eigenvalue weighted by Crippen LogP contribution is 2.38. The van der Waals surface area contributed by atoms with Crippen LogP contribution in [-0.2, 0) is 6.54 Å². The number of nitrogens with zero attached hydrogens (tertiary/aromatic N) is 3. The summed E-state index contributed by atoms with van der Waals surface area (Å²) in [6, 6.07) is 0.0139. The lowest BCUT2D eigenvalue weighted by atomic mass is 9.77. The molecule has 5 heteroatoms. The molecule has 1 heterocycles. The summed E-state index contributed by atoms with van der Waals surface area (Å²) in [7, 11) is 4.13. The molecule has 0 amide bonds. The number of hydrogen-bond acceptors (Lipinski definition) is 3. The van der Waals surface area contributed by atoms with Gasteiger partial charge in [0, 0.05) is 6.54 Å². The Hall–Kier alpha value is -0.580. The first-order chi connectivity index (χ1) is 10.0. The van der Waals surface area contributed by atoms with Gasteiger partial charge in [-0.3, -0.25) is 4.68 Å². The van der Waals surface area contributed by atoms with Crippen molar-refractivity contribution in [2.75, 3.05) is 20.6 Å². The molecule has 0 radical (unpaired) electrons. The van der Waals surface area contributed by atoms with E-state index in [0.717, 1.165) is 29.7 Å². The average Bonchev–Trinajstić information content (AvgIpc) is 2.85. The Bertz CT molecular complexity index is 435. The highest BCUT2D eigenvalue weighted by molar-refractivity contribution is 6.31. The van der Waals surface area contributed by atoms with Gasteiger partial charge in [0.25, 0.3) is 0 Å². The van der Waals surface area contributed by atoms with Crippen molar-refractivity contribution >= 4 is 11.6 Å². The Labute approximate surface area is 133 Å². The first kappa shape index (κ1) is 16.8. The first-order valence-electron chi connectivity index (χ1n) is 8.14. The van der Waals surface area contributed by atoms with Gasteiger partial charge in [0.05, 0.1) is 29.5 Å². The van der Waals surface area contributed by atoms with E-state index in [1.165, 1.54) is 32.1 Å². The van der Waals surface area contributed by atoms with E-state index in [2.05, 4.69) is 31.0 Å². The van der Waals surface area contributed by atoms with Gasteiger partial charge in [-0.05, 0) is 38.8 Å². The van der Waals surface area contributed by atoms with E-state index in [1.54, 1.807) is 6.20 Å². The van der Waals surface area contributed by atoms with E-state index in [0.29, 0.717) is 5.92 Å². The van der Waals surface area contributed by atoms with Gasteiger partial charge in [0.2, 0.25) is 0 Å². The Morgan fingerprint density at radius 1 is 1.38 bits per heavy atom. The van der Waals surface area contributed by atoms with Crippen molar-refractivity contribution in [2.24, 2.45) is 17.6 Å². The van der Waals surface area contributed by atoms with Crippen LogP contribution in [-0.4, -0.2) is 35.3 Å². The molecule has 21 heavy (non-hydrogen) atoms. The zero-order valence-electron chi connectivity index (χ0n) is 13.6. The lowest BCUT2D eigenvalue weighted by Gasteiger charge is -2.32. The van der Waals surface area contributed by atoms with Gasteiger partial charge >= 0.3 is 0 Å². The molecule has 1 aromatic heterocycles. The smallest absolute Gasteiger partial charge is 0.0834 e. The molecule has 1 unspecified atom stereocenters. The first-order valence-corrected chi connectivity index (χ1v) is 8.52. The van der Waals surface area contributed by atoms with Gasteiger partial charge in [-0.15, -0.1) is 0 Å². The summed E-state index contributed by atoms with van der Waals surface area (Å²) in [5.41, 5.74) is 7.58. The number of nitrogens with two attached hydrogens (primary N) is 1. The maximum absolute atomic E-state index is 6.55. The second-order valence-electron chi connectivity index (χ2n) is 6.62. The lowest BCUT2D eigenvalue weighted by Crippen LogP contribution is -2.29. The summed E-state index contributed by atoms with van der Waals surface area (Å²) >= 11 is 6.35. The lowest BCUT2D eigenvalue weighted by molar-refractivity contribution is 0.233. The van der Waals surface area contributed by atoms with Crippen molar-refractivity contribution in [1.29, 1.82) is 0 Å². The molecular weight excluding hydrogens is 284 g/mol. The molecule has 1 aromatic rings. The SMILES string of the molecule is CCC1CCC(C(N)c2c(Cl)cnn2CCN(C)C)CC1. The second kappa shape index (κ2) is 7.61. The maximum atomic E-state index is 6.55. The minimum absolute atomic E-state index is 0.0139. The summed E-state index contributed by atoms with van der Waals surface area (Å²) in [6.07, 6.45) is 8.08. The molecule has 2 N–H and O–H groups in total. The van der Waals surface area contributed by atoms with Crippen LogP contribution >= 0.6 is 11.6 Å². The van der Waals surface area contributed by atoms with E-state index >= 15 is 0 Å². The van der Waals surface area contributed by atoms with E-state index in [1.807, 2.05) is 4.68 Å². The molecule has 0 aromatic carbocycles. The van der Waals surface area contributed by atoms with Crippen LogP contribution in [0.15, 0.2) is 6.20 Å². The standard InChI is InChI=1S/C16H29ClN4/c1-4-12-5-7-13(8-6-12)15(18)16-14(17)11-19-21(16)10-9-20(2)3/h11-13,15H,4-10,18H2,1-3H3. The third-order valence-electron chi connectivity index (χ3n) is 4.88. The molecule has 0 saturated heterocycles. The van der Waals surface area contributed by atoms with Crippen molar-refractivity contribution in [3.8, 4) is 0 Å². The summed E-state index contributed by atoms with van der Waals surface area (Å²) in [5, 5.41) is 5.13. The van der Waals surface area contributed by atoms with Gasteiger partial charge in [-0.25, -0.2) is 0 Å². The molecule has 1 atom stereocenters. The zero-order chi connectivity index (χ0) is 15.4. The topological polar surface area (TPSA) is 47.1 Å². The second-order valence-corrected chi connectivity index (χ2v) is 7.03. The van der Waals surface area contributed by atoms with E-state index in [9.17, 15) is 0 Å². The summed E-state index contributed by atoms with van der Waals surface area (Å²) < 4.78 is 2.00.